The number of imidazole rings is 1. The van der Waals surface area contributed by atoms with Gasteiger partial charge in [0.15, 0.2) is 0 Å². The largest absolute Gasteiger partial charge is 0.369 e. The summed E-state index contributed by atoms with van der Waals surface area (Å²) in [7, 11) is 0. The van der Waals surface area contributed by atoms with E-state index < -0.39 is 0 Å². The van der Waals surface area contributed by atoms with Crippen LogP contribution in [0.1, 0.15) is 5.56 Å². The minimum absolute atomic E-state index is 0.231. The fourth-order valence-electron chi connectivity index (χ4n) is 2.13. The standard InChI is InChI=1S/C14H10Cl2FN3/c1-7-4-13-11(6-10(7)17)19-14(18)20(13)12-5-8(15)2-3-9(12)16/h2-6H,1H3,(H2,18,19). The highest BCUT2D eigenvalue weighted by atomic mass is 35.5. The monoisotopic (exact) mass is 309 g/mol. The van der Waals surface area contributed by atoms with Crippen molar-refractivity contribution in [2.75, 3.05) is 5.73 Å². The minimum Gasteiger partial charge on any atom is -0.369 e. The SMILES string of the molecule is Cc1cc2c(cc1F)nc(N)n2-c1cc(Cl)ccc1Cl. The maximum absolute atomic E-state index is 13.6. The predicted octanol–water partition coefficient (Wildman–Crippen LogP) is 4.36. The van der Waals surface area contributed by atoms with Gasteiger partial charge in [0.05, 0.1) is 21.7 Å². The smallest absolute Gasteiger partial charge is 0.205 e. The lowest BCUT2D eigenvalue weighted by atomic mass is 10.2. The van der Waals surface area contributed by atoms with Gasteiger partial charge in [0.1, 0.15) is 5.82 Å². The molecule has 0 aliphatic heterocycles. The first-order chi connectivity index (χ1) is 9.47. The second kappa shape index (κ2) is 4.65. The number of fused-ring (bicyclic) bond motifs is 1. The molecule has 0 spiro atoms. The normalized spacial score (nSPS) is 11.2. The average Bonchev–Trinajstić information content (AvgIpc) is 2.69. The van der Waals surface area contributed by atoms with Crippen molar-refractivity contribution < 1.29 is 4.39 Å². The number of rotatable bonds is 1. The second-order valence-electron chi connectivity index (χ2n) is 4.49. The summed E-state index contributed by atoms with van der Waals surface area (Å²) >= 11 is 12.2. The maximum Gasteiger partial charge on any atom is 0.205 e. The van der Waals surface area contributed by atoms with Crippen LogP contribution in [-0.2, 0) is 0 Å². The minimum atomic E-state index is -0.320. The van der Waals surface area contributed by atoms with E-state index in [1.807, 2.05) is 0 Å². The quantitative estimate of drug-likeness (QED) is 0.725. The fourth-order valence-corrected chi connectivity index (χ4v) is 2.50. The Labute approximate surface area is 124 Å². The molecule has 1 aromatic heterocycles. The molecule has 6 heteroatoms. The Hall–Kier alpha value is -1.78. The molecule has 0 bridgehead atoms. The summed E-state index contributed by atoms with van der Waals surface area (Å²) in [6, 6.07) is 8.11. The van der Waals surface area contributed by atoms with Crippen LogP contribution in [0.3, 0.4) is 0 Å². The first-order valence-corrected chi connectivity index (χ1v) is 6.62. The summed E-state index contributed by atoms with van der Waals surface area (Å²) in [6.45, 7) is 1.68. The van der Waals surface area contributed by atoms with Crippen LogP contribution in [0, 0.1) is 12.7 Å². The molecule has 102 valence electrons. The van der Waals surface area contributed by atoms with Gasteiger partial charge in [-0.15, -0.1) is 0 Å². The van der Waals surface area contributed by atoms with Crippen molar-refractivity contribution in [1.82, 2.24) is 9.55 Å². The van der Waals surface area contributed by atoms with Crippen LogP contribution in [0.4, 0.5) is 10.3 Å². The second-order valence-corrected chi connectivity index (χ2v) is 5.33. The number of hydrogen-bond donors (Lipinski definition) is 1. The van der Waals surface area contributed by atoms with Gasteiger partial charge in [0.2, 0.25) is 5.95 Å². The van der Waals surface area contributed by atoms with E-state index in [1.54, 1.807) is 35.8 Å². The van der Waals surface area contributed by atoms with Crippen molar-refractivity contribution in [3.05, 3.63) is 51.8 Å². The number of halogens is 3. The summed E-state index contributed by atoms with van der Waals surface area (Å²) in [6.07, 6.45) is 0. The van der Waals surface area contributed by atoms with Gasteiger partial charge in [-0.25, -0.2) is 9.37 Å². The molecule has 0 saturated carbocycles. The zero-order valence-corrected chi connectivity index (χ0v) is 12.0. The van der Waals surface area contributed by atoms with E-state index in [0.717, 1.165) is 0 Å². The molecule has 3 rings (SSSR count). The van der Waals surface area contributed by atoms with E-state index in [2.05, 4.69) is 4.98 Å². The lowest BCUT2D eigenvalue weighted by molar-refractivity contribution is 0.620. The Balaban J connectivity index is 2.38. The van der Waals surface area contributed by atoms with E-state index >= 15 is 0 Å². The number of aryl methyl sites for hydroxylation is 1. The Kier molecular flexibility index (Phi) is 3.07. The van der Waals surface area contributed by atoms with Gasteiger partial charge >= 0.3 is 0 Å². The maximum atomic E-state index is 13.6. The third-order valence-electron chi connectivity index (χ3n) is 3.11. The van der Waals surface area contributed by atoms with Gasteiger partial charge in [0.25, 0.3) is 0 Å². The summed E-state index contributed by atoms with van der Waals surface area (Å²) in [5.74, 6) is -0.0893. The van der Waals surface area contributed by atoms with Crippen molar-refractivity contribution in [3.63, 3.8) is 0 Å². The van der Waals surface area contributed by atoms with Crippen LogP contribution in [0.5, 0.6) is 0 Å². The van der Waals surface area contributed by atoms with Crippen LogP contribution in [0.15, 0.2) is 30.3 Å². The topological polar surface area (TPSA) is 43.8 Å². The van der Waals surface area contributed by atoms with E-state index in [4.69, 9.17) is 28.9 Å². The highest BCUT2D eigenvalue weighted by Gasteiger charge is 2.15. The number of nitrogens with zero attached hydrogens (tertiary/aromatic N) is 2. The van der Waals surface area contributed by atoms with Gasteiger partial charge in [-0.2, -0.15) is 0 Å². The molecule has 0 aliphatic carbocycles. The van der Waals surface area contributed by atoms with Gasteiger partial charge in [0, 0.05) is 11.1 Å². The van der Waals surface area contributed by atoms with Crippen LogP contribution in [-0.4, -0.2) is 9.55 Å². The number of nitrogen functional groups attached to an aromatic ring is 1. The Morgan fingerprint density at radius 3 is 2.70 bits per heavy atom. The fraction of sp³-hybridized carbons (Fsp3) is 0.0714. The van der Waals surface area contributed by atoms with Crippen molar-refractivity contribution in [1.29, 1.82) is 0 Å². The van der Waals surface area contributed by atoms with Crippen molar-refractivity contribution in [3.8, 4) is 5.69 Å². The number of benzene rings is 2. The van der Waals surface area contributed by atoms with Crippen LogP contribution < -0.4 is 5.73 Å². The van der Waals surface area contributed by atoms with Crippen LogP contribution in [0.25, 0.3) is 16.7 Å². The Morgan fingerprint density at radius 1 is 1.20 bits per heavy atom. The zero-order chi connectivity index (χ0) is 14.4. The summed E-state index contributed by atoms with van der Waals surface area (Å²) in [5, 5.41) is 1.02. The van der Waals surface area contributed by atoms with Gasteiger partial charge in [-0.1, -0.05) is 23.2 Å². The van der Waals surface area contributed by atoms with Crippen molar-refractivity contribution in [2.24, 2.45) is 0 Å². The van der Waals surface area contributed by atoms with Crippen molar-refractivity contribution in [2.45, 2.75) is 6.92 Å². The molecule has 0 unspecified atom stereocenters. The number of nitrogens with two attached hydrogens (primary N) is 1. The summed E-state index contributed by atoms with van der Waals surface area (Å²) < 4.78 is 15.3. The first kappa shape index (κ1) is 13.2. The predicted molar refractivity (Wildman–Crippen MR) is 80.2 cm³/mol. The van der Waals surface area contributed by atoms with Gasteiger partial charge < -0.3 is 5.73 Å². The van der Waals surface area contributed by atoms with E-state index in [0.29, 0.717) is 32.3 Å². The molecule has 0 atom stereocenters. The molecule has 2 aromatic carbocycles. The Morgan fingerprint density at radius 2 is 1.95 bits per heavy atom. The lowest BCUT2D eigenvalue weighted by Crippen LogP contribution is -2.01. The van der Waals surface area contributed by atoms with Crippen LogP contribution in [0.2, 0.25) is 10.0 Å². The lowest BCUT2D eigenvalue weighted by Gasteiger charge is -2.09. The molecule has 0 amide bonds. The molecular weight excluding hydrogens is 300 g/mol. The highest BCUT2D eigenvalue weighted by Crippen LogP contribution is 2.31. The third-order valence-corrected chi connectivity index (χ3v) is 3.66. The van der Waals surface area contributed by atoms with Gasteiger partial charge in [-0.05, 0) is 36.8 Å². The van der Waals surface area contributed by atoms with E-state index in [1.165, 1.54) is 6.07 Å². The molecule has 1 heterocycles. The molecule has 0 fully saturated rings. The Bertz CT molecular complexity index is 827. The molecule has 0 saturated heterocycles. The molecule has 20 heavy (non-hydrogen) atoms. The number of anilines is 1. The average molecular weight is 310 g/mol. The molecular formula is C14H10Cl2FN3. The molecule has 3 nitrogen and oxygen atoms in total. The summed E-state index contributed by atoms with van der Waals surface area (Å²) in [5.41, 5.74) is 8.22. The summed E-state index contributed by atoms with van der Waals surface area (Å²) in [4.78, 5) is 4.16. The van der Waals surface area contributed by atoms with Crippen LogP contribution >= 0.6 is 23.2 Å². The first-order valence-electron chi connectivity index (χ1n) is 5.87. The zero-order valence-electron chi connectivity index (χ0n) is 10.5. The molecule has 0 aliphatic rings. The van der Waals surface area contributed by atoms with E-state index in [-0.39, 0.29) is 11.8 Å². The molecule has 0 radical (unpaired) electrons. The number of aromatic nitrogens is 2. The van der Waals surface area contributed by atoms with Gasteiger partial charge in [-0.3, -0.25) is 4.57 Å². The molecule has 2 N–H and O–H groups in total. The van der Waals surface area contributed by atoms with E-state index in [9.17, 15) is 4.39 Å². The highest BCUT2D eigenvalue weighted by molar-refractivity contribution is 6.34. The van der Waals surface area contributed by atoms with Crippen molar-refractivity contribution >= 4 is 40.2 Å². The molecule has 3 aromatic rings. The number of hydrogen-bond acceptors (Lipinski definition) is 2. The third kappa shape index (κ3) is 2.01.